The Hall–Kier alpha value is -3.27. The second-order valence-corrected chi connectivity index (χ2v) is 6.94. The van der Waals surface area contributed by atoms with Crippen LogP contribution in [-0.4, -0.2) is 12.7 Å². The lowest BCUT2D eigenvalue weighted by Gasteiger charge is -2.08. The highest BCUT2D eigenvalue weighted by molar-refractivity contribution is 5.92. The van der Waals surface area contributed by atoms with Crippen molar-refractivity contribution in [1.82, 2.24) is 0 Å². The van der Waals surface area contributed by atoms with Crippen molar-refractivity contribution in [1.29, 1.82) is 0 Å². The molecule has 0 saturated heterocycles. The molecule has 0 saturated carbocycles. The van der Waals surface area contributed by atoms with E-state index in [1.54, 1.807) is 0 Å². The molecular weight excluding hydrogens is 338 g/mol. The molecule has 0 radical (unpaired) electrons. The maximum Gasteiger partial charge on any atom is 0.231 e. The molecule has 0 unspecified atom stereocenters. The first-order valence-electron chi connectivity index (χ1n) is 9.16. The van der Waals surface area contributed by atoms with Gasteiger partial charge in [0.15, 0.2) is 11.5 Å². The molecule has 3 aromatic carbocycles. The van der Waals surface area contributed by atoms with Gasteiger partial charge in [-0.25, -0.2) is 0 Å². The largest absolute Gasteiger partial charge is 0.454 e. The molecule has 0 spiro atoms. The van der Waals surface area contributed by atoms with Crippen LogP contribution in [0.5, 0.6) is 11.5 Å². The average Bonchev–Trinajstić information content (AvgIpc) is 3.30. The lowest BCUT2D eigenvalue weighted by molar-refractivity contribution is -0.116. The highest BCUT2D eigenvalue weighted by Gasteiger charge is 2.18. The van der Waals surface area contributed by atoms with Gasteiger partial charge in [0.05, 0.1) is 0 Å². The second-order valence-electron chi connectivity index (χ2n) is 6.94. The first-order valence-corrected chi connectivity index (χ1v) is 9.16. The zero-order chi connectivity index (χ0) is 18.2. The maximum absolute atomic E-state index is 12.4. The van der Waals surface area contributed by atoms with Crippen molar-refractivity contribution in [3.05, 3.63) is 77.4 Å². The van der Waals surface area contributed by atoms with Gasteiger partial charge in [-0.1, -0.05) is 36.4 Å². The van der Waals surface area contributed by atoms with Gasteiger partial charge in [-0.05, 0) is 64.9 Å². The zero-order valence-electron chi connectivity index (χ0n) is 14.8. The molecular formula is C23H19NO3. The van der Waals surface area contributed by atoms with Gasteiger partial charge in [-0.3, -0.25) is 4.79 Å². The third-order valence-corrected chi connectivity index (χ3v) is 5.16. The number of hydrogen-bond acceptors (Lipinski definition) is 3. The molecule has 0 bridgehead atoms. The quantitative estimate of drug-likeness (QED) is 0.582. The van der Waals surface area contributed by atoms with Crippen molar-refractivity contribution in [2.75, 3.05) is 12.1 Å². The van der Waals surface area contributed by atoms with Gasteiger partial charge in [0, 0.05) is 12.1 Å². The van der Waals surface area contributed by atoms with E-state index in [1.807, 2.05) is 24.3 Å². The molecule has 3 aromatic rings. The van der Waals surface area contributed by atoms with E-state index in [0.29, 0.717) is 12.8 Å². The fourth-order valence-corrected chi connectivity index (χ4v) is 3.78. The van der Waals surface area contributed by atoms with Crippen LogP contribution in [0.25, 0.3) is 11.1 Å². The van der Waals surface area contributed by atoms with Crippen LogP contribution in [0, 0.1) is 0 Å². The van der Waals surface area contributed by atoms with Crippen molar-refractivity contribution >= 4 is 11.6 Å². The number of amides is 1. The van der Waals surface area contributed by atoms with Gasteiger partial charge in [-0.15, -0.1) is 0 Å². The summed E-state index contributed by atoms with van der Waals surface area (Å²) in [6, 6.07) is 20.5. The van der Waals surface area contributed by atoms with E-state index in [1.165, 1.54) is 22.3 Å². The molecule has 2 aliphatic rings. The fraction of sp³-hybridized carbons (Fsp3) is 0.174. The topological polar surface area (TPSA) is 47.6 Å². The maximum atomic E-state index is 12.4. The van der Waals surface area contributed by atoms with Gasteiger partial charge >= 0.3 is 0 Å². The molecule has 1 heterocycles. The Morgan fingerprint density at radius 3 is 2.70 bits per heavy atom. The standard InChI is InChI=1S/C23H19NO3/c25-23(10-6-15-5-9-21-22(11-15)27-14-26-21)24-18-8-7-17-12-16-3-1-2-4-19(16)20(17)13-18/h1-5,7-9,11,13H,6,10,12,14H2,(H,24,25). The van der Waals surface area contributed by atoms with Crippen molar-refractivity contribution in [3.63, 3.8) is 0 Å². The highest BCUT2D eigenvalue weighted by Crippen LogP contribution is 2.38. The average molecular weight is 357 g/mol. The van der Waals surface area contributed by atoms with Gasteiger partial charge < -0.3 is 14.8 Å². The molecule has 5 rings (SSSR count). The monoisotopic (exact) mass is 357 g/mol. The Labute approximate surface area is 157 Å². The number of anilines is 1. The molecule has 134 valence electrons. The van der Waals surface area contributed by atoms with Crippen LogP contribution < -0.4 is 14.8 Å². The van der Waals surface area contributed by atoms with E-state index in [-0.39, 0.29) is 12.7 Å². The van der Waals surface area contributed by atoms with E-state index in [9.17, 15) is 4.79 Å². The van der Waals surface area contributed by atoms with E-state index < -0.39 is 0 Å². The molecule has 27 heavy (non-hydrogen) atoms. The van der Waals surface area contributed by atoms with Crippen LogP contribution in [0.2, 0.25) is 0 Å². The molecule has 1 aliphatic carbocycles. The van der Waals surface area contributed by atoms with Crippen molar-refractivity contribution in [2.45, 2.75) is 19.3 Å². The van der Waals surface area contributed by atoms with Crippen LogP contribution in [0.3, 0.4) is 0 Å². The lowest BCUT2D eigenvalue weighted by atomic mass is 10.0. The zero-order valence-corrected chi connectivity index (χ0v) is 14.8. The number of fused-ring (bicyclic) bond motifs is 4. The Morgan fingerprint density at radius 1 is 0.889 bits per heavy atom. The van der Waals surface area contributed by atoms with Gasteiger partial charge in [0.25, 0.3) is 0 Å². The minimum absolute atomic E-state index is 0.0129. The normalized spacial score (nSPS) is 13.2. The molecule has 1 aliphatic heterocycles. The summed E-state index contributed by atoms with van der Waals surface area (Å²) in [6.45, 7) is 0.265. The third-order valence-electron chi connectivity index (χ3n) is 5.16. The first kappa shape index (κ1) is 15.9. The third kappa shape index (κ3) is 3.04. The summed E-state index contributed by atoms with van der Waals surface area (Å²) in [6.07, 6.45) is 2.05. The minimum atomic E-state index is 0.0129. The molecule has 1 N–H and O–H groups in total. The number of ether oxygens (including phenoxy) is 2. The van der Waals surface area contributed by atoms with Crippen LogP contribution in [-0.2, 0) is 17.6 Å². The Kier molecular flexibility index (Phi) is 3.82. The fourth-order valence-electron chi connectivity index (χ4n) is 3.78. The molecule has 0 atom stereocenters. The van der Waals surface area contributed by atoms with E-state index >= 15 is 0 Å². The number of benzene rings is 3. The van der Waals surface area contributed by atoms with E-state index in [0.717, 1.165) is 29.2 Å². The number of carbonyl (C=O) groups is 1. The van der Waals surface area contributed by atoms with Gasteiger partial charge in [-0.2, -0.15) is 0 Å². The molecule has 0 fully saturated rings. The van der Waals surface area contributed by atoms with Gasteiger partial charge in [0.1, 0.15) is 0 Å². The SMILES string of the molecule is O=C(CCc1ccc2c(c1)OCO2)Nc1ccc2c(c1)-c1ccccc1C2. The van der Waals surface area contributed by atoms with Crippen LogP contribution in [0.1, 0.15) is 23.1 Å². The number of hydrogen-bond donors (Lipinski definition) is 1. The highest BCUT2D eigenvalue weighted by atomic mass is 16.7. The van der Waals surface area contributed by atoms with Crippen LogP contribution >= 0.6 is 0 Å². The van der Waals surface area contributed by atoms with E-state index in [4.69, 9.17) is 9.47 Å². The first-order chi connectivity index (χ1) is 13.3. The Bertz CT molecular complexity index is 1040. The van der Waals surface area contributed by atoms with Crippen LogP contribution in [0.4, 0.5) is 5.69 Å². The summed E-state index contributed by atoms with van der Waals surface area (Å²) in [4.78, 5) is 12.4. The predicted octanol–water partition coefficient (Wildman–Crippen LogP) is 4.56. The number of aryl methyl sites for hydroxylation is 1. The Morgan fingerprint density at radius 2 is 1.74 bits per heavy atom. The summed E-state index contributed by atoms with van der Waals surface area (Å²) in [5, 5.41) is 3.03. The summed E-state index contributed by atoms with van der Waals surface area (Å²) in [5.74, 6) is 1.53. The summed E-state index contributed by atoms with van der Waals surface area (Å²) in [7, 11) is 0. The smallest absolute Gasteiger partial charge is 0.231 e. The molecule has 4 nitrogen and oxygen atoms in total. The lowest BCUT2D eigenvalue weighted by Crippen LogP contribution is -2.12. The summed E-state index contributed by atoms with van der Waals surface area (Å²) >= 11 is 0. The number of nitrogens with one attached hydrogen (secondary N) is 1. The van der Waals surface area contributed by atoms with Gasteiger partial charge in [0.2, 0.25) is 12.7 Å². The second kappa shape index (κ2) is 6.47. The molecule has 0 aromatic heterocycles. The summed E-state index contributed by atoms with van der Waals surface area (Å²) in [5.41, 5.74) is 7.06. The van der Waals surface area contributed by atoms with Crippen molar-refractivity contribution in [2.24, 2.45) is 0 Å². The minimum Gasteiger partial charge on any atom is -0.454 e. The summed E-state index contributed by atoms with van der Waals surface area (Å²) < 4.78 is 10.7. The number of rotatable bonds is 4. The van der Waals surface area contributed by atoms with Crippen molar-refractivity contribution in [3.8, 4) is 22.6 Å². The molecule has 4 heteroatoms. The van der Waals surface area contributed by atoms with Crippen LogP contribution in [0.15, 0.2) is 60.7 Å². The Balaban J connectivity index is 1.26. The van der Waals surface area contributed by atoms with Crippen molar-refractivity contribution < 1.29 is 14.3 Å². The number of carbonyl (C=O) groups excluding carboxylic acids is 1. The molecule has 1 amide bonds. The predicted molar refractivity (Wildman–Crippen MR) is 104 cm³/mol. The van der Waals surface area contributed by atoms with E-state index in [2.05, 4.69) is 41.7 Å².